The van der Waals surface area contributed by atoms with Crippen molar-refractivity contribution in [2.24, 2.45) is 0 Å². The molecule has 152 valence electrons. The van der Waals surface area contributed by atoms with Crippen LogP contribution < -0.4 is 9.46 Å². The molecule has 1 aliphatic rings. The summed E-state index contributed by atoms with van der Waals surface area (Å²) in [5, 5.41) is 0. The van der Waals surface area contributed by atoms with Crippen LogP contribution in [0.3, 0.4) is 0 Å². The van der Waals surface area contributed by atoms with Gasteiger partial charge in [0.1, 0.15) is 0 Å². The van der Waals surface area contributed by atoms with E-state index in [1.54, 1.807) is 0 Å². The molecule has 9 heteroatoms. The van der Waals surface area contributed by atoms with Crippen LogP contribution in [0, 0.1) is 17.5 Å². The summed E-state index contributed by atoms with van der Waals surface area (Å²) >= 11 is 0. The molecular weight excluding hydrogens is 393 g/mol. The number of likely N-dealkylation sites (tertiary alicyclic amines) is 1. The van der Waals surface area contributed by atoms with Crippen LogP contribution in [0.4, 0.5) is 13.2 Å². The predicted molar refractivity (Wildman–Crippen MR) is 97.9 cm³/mol. The van der Waals surface area contributed by atoms with Crippen molar-refractivity contribution in [1.82, 2.24) is 9.62 Å². The zero-order valence-corrected chi connectivity index (χ0v) is 16.1. The van der Waals surface area contributed by atoms with E-state index in [9.17, 15) is 21.6 Å². The molecule has 0 unspecified atom stereocenters. The first-order valence-corrected chi connectivity index (χ1v) is 10.3. The number of halogens is 3. The Labute approximate surface area is 162 Å². The molecule has 0 aromatic heterocycles. The van der Waals surface area contributed by atoms with Crippen molar-refractivity contribution in [2.45, 2.75) is 30.3 Å². The first-order chi connectivity index (χ1) is 13.3. The van der Waals surface area contributed by atoms with Crippen LogP contribution in [-0.2, 0) is 16.6 Å². The third-order valence-electron chi connectivity index (χ3n) is 4.73. The molecule has 1 N–H and O–H groups in total. The maximum Gasteiger partial charge on any atom is 0.240 e. The Morgan fingerprint density at radius 2 is 1.75 bits per heavy atom. The van der Waals surface area contributed by atoms with E-state index in [4.69, 9.17) is 4.74 Å². The van der Waals surface area contributed by atoms with Crippen LogP contribution in [0.2, 0.25) is 0 Å². The van der Waals surface area contributed by atoms with Gasteiger partial charge in [0.15, 0.2) is 23.2 Å². The topological polar surface area (TPSA) is 58.6 Å². The van der Waals surface area contributed by atoms with Gasteiger partial charge in [-0.3, -0.25) is 4.90 Å². The van der Waals surface area contributed by atoms with E-state index in [0.717, 1.165) is 12.1 Å². The first kappa shape index (κ1) is 20.6. The third kappa shape index (κ3) is 4.84. The van der Waals surface area contributed by atoms with Crippen molar-refractivity contribution in [1.29, 1.82) is 0 Å². The number of benzene rings is 2. The Morgan fingerprint density at radius 3 is 2.36 bits per heavy atom. The number of sulfonamides is 1. The molecule has 3 rings (SSSR count). The van der Waals surface area contributed by atoms with Crippen molar-refractivity contribution in [3.05, 3.63) is 59.4 Å². The fourth-order valence-electron chi connectivity index (χ4n) is 3.21. The summed E-state index contributed by atoms with van der Waals surface area (Å²) in [6.45, 7) is 1.66. The van der Waals surface area contributed by atoms with E-state index in [1.165, 1.54) is 31.4 Å². The molecule has 0 saturated carbocycles. The van der Waals surface area contributed by atoms with Gasteiger partial charge in [-0.1, -0.05) is 6.07 Å². The van der Waals surface area contributed by atoms with Crippen LogP contribution in [0.5, 0.6) is 5.75 Å². The van der Waals surface area contributed by atoms with Crippen LogP contribution in [0.1, 0.15) is 18.4 Å². The molecular formula is C19H21F3N2O3S. The maximum atomic E-state index is 13.8. The number of piperidine rings is 1. The Bertz CT molecular complexity index is 945. The van der Waals surface area contributed by atoms with Crippen molar-refractivity contribution in [3.8, 4) is 5.75 Å². The summed E-state index contributed by atoms with van der Waals surface area (Å²) in [5.41, 5.74) is 0.659. The monoisotopic (exact) mass is 414 g/mol. The second-order valence-corrected chi connectivity index (χ2v) is 8.43. The molecule has 1 fully saturated rings. The molecule has 5 nitrogen and oxygen atoms in total. The molecule has 0 amide bonds. The fourth-order valence-corrected chi connectivity index (χ4v) is 4.52. The molecule has 1 heterocycles. The number of ether oxygens (including phenoxy) is 1. The molecule has 2 aromatic rings. The lowest BCUT2D eigenvalue weighted by atomic mass is 10.1. The summed E-state index contributed by atoms with van der Waals surface area (Å²) in [6.07, 6.45) is 1.11. The number of hydrogen-bond acceptors (Lipinski definition) is 4. The van der Waals surface area contributed by atoms with Gasteiger partial charge in [-0.2, -0.15) is 0 Å². The quantitative estimate of drug-likeness (QED) is 0.790. The second kappa shape index (κ2) is 8.50. The van der Waals surface area contributed by atoms with Gasteiger partial charge in [0.25, 0.3) is 0 Å². The lowest BCUT2D eigenvalue weighted by Crippen LogP contribution is -2.44. The average molecular weight is 414 g/mol. The summed E-state index contributed by atoms with van der Waals surface area (Å²) in [4.78, 5) is 1.89. The minimum Gasteiger partial charge on any atom is -0.494 e. The minimum absolute atomic E-state index is 0.0236. The lowest BCUT2D eigenvalue weighted by molar-refractivity contribution is 0.199. The summed E-state index contributed by atoms with van der Waals surface area (Å²) in [7, 11) is -2.54. The fraction of sp³-hybridized carbons (Fsp3) is 0.368. The van der Waals surface area contributed by atoms with Crippen molar-refractivity contribution >= 4 is 10.0 Å². The Balaban J connectivity index is 1.57. The van der Waals surface area contributed by atoms with Crippen LogP contribution in [-0.4, -0.2) is 39.6 Å². The van der Waals surface area contributed by atoms with Gasteiger partial charge in [-0.15, -0.1) is 0 Å². The summed E-state index contributed by atoms with van der Waals surface area (Å²) in [5.74, 6) is -2.53. The third-order valence-corrected chi connectivity index (χ3v) is 6.25. The van der Waals surface area contributed by atoms with Gasteiger partial charge in [0, 0.05) is 25.7 Å². The summed E-state index contributed by atoms with van der Waals surface area (Å²) in [6, 6.07) is 7.01. The van der Waals surface area contributed by atoms with Crippen molar-refractivity contribution in [2.75, 3.05) is 20.2 Å². The highest BCUT2D eigenvalue weighted by molar-refractivity contribution is 7.89. The zero-order valence-electron chi connectivity index (χ0n) is 15.3. The van der Waals surface area contributed by atoms with Gasteiger partial charge in [0.05, 0.1) is 12.0 Å². The number of nitrogens with one attached hydrogen (secondary N) is 1. The van der Waals surface area contributed by atoms with Crippen molar-refractivity contribution in [3.63, 3.8) is 0 Å². The standard InChI is InChI=1S/C19H21F3N2O3S/c1-27-19-5-3-15(11-18(19)22)28(25,26)23-14-6-8-24(9-7-14)12-13-2-4-16(20)17(21)10-13/h2-5,10-11,14,23H,6-9,12H2,1H3. The van der Waals surface area contributed by atoms with Gasteiger partial charge < -0.3 is 4.74 Å². The SMILES string of the molecule is COc1ccc(S(=O)(=O)NC2CCN(Cc3ccc(F)c(F)c3)CC2)cc1F. The van der Waals surface area contributed by atoms with E-state index in [1.807, 2.05) is 4.90 Å². The maximum absolute atomic E-state index is 13.8. The van der Waals surface area contributed by atoms with Crippen LogP contribution in [0.25, 0.3) is 0 Å². The Morgan fingerprint density at radius 1 is 1.04 bits per heavy atom. The van der Waals surface area contributed by atoms with Gasteiger partial charge in [-0.05, 0) is 48.7 Å². The molecule has 28 heavy (non-hydrogen) atoms. The smallest absolute Gasteiger partial charge is 0.240 e. The normalized spacial score (nSPS) is 16.3. The molecule has 0 bridgehead atoms. The number of hydrogen-bond donors (Lipinski definition) is 1. The Hall–Kier alpha value is -2.10. The molecule has 0 aliphatic carbocycles. The molecule has 0 radical (unpaired) electrons. The van der Waals surface area contributed by atoms with Crippen molar-refractivity contribution < 1.29 is 26.3 Å². The predicted octanol–water partition coefficient (Wildman–Crippen LogP) is 3.06. The molecule has 1 aliphatic heterocycles. The number of methoxy groups -OCH3 is 1. The second-order valence-electron chi connectivity index (χ2n) is 6.72. The molecule has 2 aromatic carbocycles. The number of nitrogens with zero attached hydrogens (tertiary/aromatic N) is 1. The van der Waals surface area contributed by atoms with Gasteiger partial charge in [-0.25, -0.2) is 26.3 Å². The van der Waals surface area contributed by atoms with E-state index >= 15 is 0 Å². The Kier molecular flexibility index (Phi) is 6.26. The van der Waals surface area contributed by atoms with Crippen LogP contribution >= 0.6 is 0 Å². The number of rotatable bonds is 6. The highest BCUT2D eigenvalue weighted by Crippen LogP contribution is 2.22. The first-order valence-electron chi connectivity index (χ1n) is 8.80. The largest absolute Gasteiger partial charge is 0.494 e. The van der Waals surface area contributed by atoms with Crippen LogP contribution in [0.15, 0.2) is 41.3 Å². The molecule has 1 saturated heterocycles. The molecule has 0 spiro atoms. The zero-order chi connectivity index (χ0) is 20.3. The van der Waals surface area contributed by atoms with E-state index in [2.05, 4.69) is 4.72 Å². The highest BCUT2D eigenvalue weighted by atomic mass is 32.2. The lowest BCUT2D eigenvalue weighted by Gasteiger charge is -2.32. The van der Waals surface area contributed by atoms with Gasteiger partial charge in [0.2, 0.25) is 10.0 Å². The highest BCUT2D eigenvalue weighted by Gasteiger charge is 2.25. The minimum atomic E-state index is -3.85. The molecule has 0 atom stereocenters. The van der Waals surface area contributed by atoms with Gasteiger partial charge >= 0.3 is 0 Å². The van der Waals surface area contributed by atoms with E-state index in [0.29, 0.717) is 38.0 Å². The summed E-state index contributed by atoms with van der Waals surface area (Å²) < 4.78 is 72.5. The average Bonchev–Trinajstić information content (AvgIpc) is 2.66. The van der Waals surface area contributed by atoms with E-state index in [-0.39, 0.29) is 16.7 Å². The van der Waals surface area contributed by atoms with E-state index < -0.39 is 27.5 Å².